The summed E-state index contributed by atoms with van der Waals surface area (Å²) in [5.74, 6) is -0.841. The number of hydrogen-bond acceptors (Lipinski definition) is 2. The van der Waals surface area contributed by atoms with Crippen molar-refractivity contribution < 1.29 is 9.18 Å². The predicted octanol–water partition coefficient (Wildman–Crippen LogP) is 3.62. The third-order valence-electron chi connectivity index (χ3n) is 2.63. The molecule has 0 fully saturated rings. The van der Waals surface area contributed by atoms with Crippen LogP contribution in [0.1, 0.15) is 15.9 Å². The molecular weight excluding hydrogens is 267 g/mol. The van der Waals surface area contributed by atoms with Gasteiger partial charge in [-0.1, -0.05) is 17.7 Å². The first kappa shape index (κ1) is 13.4. The zero-order chi connectivity index (χ0) is 14.0. The van der Waals surface area contributed by atoms with E-state index in [0.717, 1.165) is 11.6 Å². The van der Waals surface area contributed by atoms with Crippen molar-refractivity contribution in [1.29, 1.82) is 0 Å². The Bertz CT molecular complexity index is 643. The molecule has 0 heterocycles. The van der Waals surface area contributed by atoms with Gasteiger partial charge in [-0.15, -0.1) is 0 Å². The number of carbonyl (C=O) groups excluding carboxylic acids is 1. The Balaban J connectivity index is 2.25. The summed E-state index contributed by atoms with van der Waals surface area (Å²) in [4.78, 5) is 12.0. The summed E-state index contributed by atoms with van der Waals surface area (Å²) >= 11 is 6.00. The molecule has 2 aromatic rings. The normalized spacial score (nSPS) is 10.3. The number of anilines is 2. The smallest absolute Gasteiger partial charge is 0.257 e. The number of nitrogens with one attached hydrogen (secondary N) is 1. The molecule has 3 N–H and O–H groups in total. The highest BCUT2D eigenvalue weighted by Crippen LogP contribution is 2.22. The summed E-state index contributed by atoms with van der Waals surface area (Å²) in [6.45, 7) is 1.88. The topological polar surface area (TPSA) is 55.1 Å². The van der Waals surface area contributed by atoms with Gasteiger partial charge in [-0.3, -0.25) is 4.79 Å². The lowest BCUT2D eigenvalue weighted by Gasteiger charge is -2.09. The molecule has 19 heavy (non-hydrogen) atoms. The first-order valence-corrected chi connectivity index (χ1v) is 5.97. The molecule has 0 atom stereocenters. The second-order valence-corrected chi connectivity index (χ2v) is 4.58. The molecular formula is C14H12ClFN2O. The lowest BCUT2D eigenvalue weighted by molar-refractivity contribution is 0.102. The largest absolute Gasteiger partial charge is 0.397 e. The Hall–Kier alpha value is -2.07. The van der Waals surface area contributed by atoms with E-state index in [2.05, 4.69) is 5.32 Å². The van der Waals surface area contributed by atoms with Crippen molar-refractivity contribution >= 4 is 28.9 Å². The maximum Gasteiger partial charge on any atom is 0.257 e. The lowest BCUT2D eigenvalue weighted by Crippen LogP contribution is -2.13. The molecule has 5 heteroatoms. The van der Waals surface area contributed by atoms with Gasteiger partial charge in [0.25, 0.3) is 5.91 Å². The molecule has 0 aliphatic rings. The maximum absolute atomic E-state index is 12.9. The van der Waals surface area contributed by atoms with Gasteiger partial charge in [0.1, 0.15) is 5.82 Å². The van der Waals surface area contributed by atoms with Crippen LogP contribution >= 0.6 is 11.6 Å². The molecule has 0 saturated carbocycles. The third-order valence-corrected chi connectivity index (χ3v) is 2.94. The highest BCUT2D eigenvalue weighted by atomic mass is 35.5. The second kappa shape index (κ2) is 5.28. The van der Waals surface area contributed by atoms with Crippen LogP contribution < -0.4 is 11.1 Å². The van der Waals surface area contributed by atoms with E-state index in [9.17, 15) is 9.18 Å². The Morgan fingerprint density at radius 3 is 2.63 bits per heavy atom. The van der Waals surface area contributed by atoms with Crippen molar-refractivity contribution in [3.05, 3.63) is 58.4 Å². The van der Waals surface area contributed by atoms with Crippen molar-refractivity contribution in [3.63, 3.8) is 0 Å². The van der Waals surface area contributed by atoms with E-state index in [1.807, 2.05) is 6.92 Å². The molecule has 0 bridgehead atoms. The first-order chi connectivity index (χ1) is 8.97. The molecule has 0 aliphatic heterocycles. The van der Waals surface area contributed by atoms with Gasteiger partial charge in [0.15, 0.2) is 0 Å². The van der Waals surface area contributed by atoms with Gasteiger partial charge in [-0.25, -0.2) is 4.39 Å². The number of nitrogens with two attached hydrogens (primary N) is 1. The number of hydrogen-bond donors (Lipinski definition) is 2. The van der Waals surface area contributed by atoms with Crippen LogP contribution in [-0.2, 0) is 0 Å². The van der Waals surface area contributed by atoms with E-state index in [4.69, 9.17) is 17.3 Å². The van der Waals surface area contributed by atoms with Gasteiger partial charge in [0.2, 0.25) is 0 Å². The number of nitrogen functional groups attached to an aromatic ring is 1. The van der Waals surface area contributed by atoms with Crippen LogP contribution in [0.25, 0.3) is 0 Å². The van der Waals surface area contributed by atoms with Gasteiger partial charge >= 0.3 is 0 Å². The number of aryl methyl sites for hydroxylation is 1. The Labute approximate surface area is 115 Å². The van der Waals surface area contributed by atoms with E-state index >= 15 is 0 Å². The van der Waals surface area contributed by atoms with E-state index < -0.39 is 5.82 Å². The summed E-state index contributed by atoms with van der Waals surface area (Å²) in [7, 11) is 0. The monoisotopic (exact) mass is 278 g/mol. The minimum Gasteiger partial charge on any atom is -0.397 e. The van der Waals surface area contributed by atoms with E-state index in [1.54, 1.807) is 18.2 Å². The molecule has 0 aromatic heterocycles. The molecule has 2 aromatic carbocycles. The van der Waals surface area contributed by atoms with Gasteiger partial charge in [-0.05, 0) is 42.8 Å². The fourth-order valence-corrected chi connectivity index (χ4v) is 1.96. The molecule has 1 amide bonds. The summed E-state index contributed by atoms with van der Waals surface area (Å²) in [5.41, 5.74) is 7.44. The molecule has 0 aliphatic carbocycles. The van der Waals surface area contributed by atoms with Crippen LogP contribution in [0.15, 0.2) is 36.4 Å². The van der Waals surface area contributed by atoms with E-state index in [-0.39, 0.29) is 11.6 Å². The van der Waals surface area contributed by atoms with Crippen molar-refractivity contribution in [3.8, 4) is 0 Å². The molecule has 3 nitrogen and oxygen atoms in total. The average molecular weight is 279 g/mol. The highest BCUT2D eigenvalue weighted by Gasteiger charge is 2.12. The number of rotatable bonds is 2. The third kappa shape index (κ3) is 3.03. The zero-order valence-corrected chi connectivity index (χ0v) is 11.0. The molecule has 98 valence electrons. The van der Waals surface area contributed by atoms with Crippen molar-refractivity contribution in [2.24, 2.45) is 0 Å². The van der Waals surface area contributed by atoms with Gasteiger partial charge in [-0.2, -0.15) is 0 Å². The van der Waals surface area contributed by atoms with Gasteiger partial charge in [0.05, 0.1) is 22.0 Å². The molecule has 2 rings (SSSR count). The summed E-state index contributed by atoms with van der Waals surface area (Å²) in [6.07, 6.45) is 0. The molecule has 0 unspecified atom stereocenters. The molecule has 0 saturated heterocycles. The number of benzene rings is 2. The standard InChI is InChI=1S/C14H12ClFN2O/c1-8-2-4-10(11(15)6-8)14(19)18-13-5-3-9(16)7-12(13)17/h2-7H,17H2,1H3,(H,18,19). The SMILES string of the molecule is Cc1ccc(C(=O)Nc2ccc(F)cc2N)c(Cl)c1. The van der Waals surface area contributed by atoms with E-state index in [1.165, 1.54) is 12.1 Å². The second-order valence-electron chi connectivity index (χ2n) is 4.17. The number of halogens is 2. The Morgan fingerprint density at radius 2 is 2.00 bits per heavy atom. The quantitative estimate of drug-likeness (QED) is 0.824. The van der Waals surface area contributed by atoms with E-state index in [0.29, 0.717) is 16.3 Å². The summed E-state index contributed by atoms with van der Waals surface area (Å²) in [6, 6.07) is 8.89. The minimum absolute atomic E-state index is 0.164. The van der Waals surface area contributed by atoms with Crippen LogP contribution in [0.5, 0.6) is 0 Å². The van der Waals surface area contributed by atoms with Crippen LogP contribution in [0, 0.1) is 12.7 Å². The average Bonchev–Trinajstić information content (AvgIpc) is 2.32. The highest BCUT2D eigenvalue weighted by molar-refractivity contribution is 6.34. The Kier molecular flexibility index (Phi) is 3.71. The zero-order valence-electron chi connectivity index (χ0n) is 10.2. The fraction of sp³-hybridized carbons (Fsp3) is 0.0714. The molecule has 0 radical (unpaired) electrons. The summed E-state index contributed by atoms with van der Waals surface area (Å²) < 4.78 is 12.9. The fourth-order valence-electron chi connectivity index (χ4n) is 1.64. The minimum atomic E-state index is -0.455. The van der Waals surface area contributed by atoms with Gasteiger partial charge < -0.3 is 11.1 Å². The Morgan fingerprint density at radius 1 is 1.26 bits per heavy atom. The lowest BCUT2D eigenvalue weighted by atomic mass is 10.1. The summed E-state index contributed by atoms with van der Waals surface area (Å²) in [5, 5.41) is 2.96. The van der Waals surface area contributed by atoms with Crippen LogP contribution in [-0.4, -0.2) is 5.91 Å². The molecule has 0 spiro atoms. The number of amides is 1. The number of carbonyl (C=O) groups is 1. The van der Waals surface area contributed by atoms with Crippen LogP contribution in [0.3, 0.4) is 0 Å². The van der Waals surface area contributed by atoms with Crippen molar-refractivity contribution in [1.82, 2.24) is 0 Å². The maximum atomic E-state index is 12.9. The first-order valence-electron chi connectivity index (χ1n) is 5.60. The van der Waals surface area contributed by atoms with Crippen molar-refractivity contribution in [2.75, 3.05) is 11.1 Å². The van der Waals surface area contributed by atoms with Crippen LogP contribution in [0.2, 0.25) is 5.02 Å². The van der Waals surface area contributed by atoms with Crippen LogP contribution in [0.4, 0.5) is 15.8 Å². The van der Waals surface area contributed by atoms with Crippen molar-refractivity contribution in [2.45, 2.75) is 6.92 Å². The predicted molar refractivity (Wildman–Crippen MR) is 75.0 cm³/mol. The van der Waals surface area contributed by atoms with Gasteiger partial charge in [0, 0.05) is 0 Å².